The minimum Gasteiger partial charge on any atom is -0.455 e. The molecule has 0 aliphatic carbocycles. The third-order valence-electron chi connectivity index (χ3n) is 9.03. The Bertz CT molecular complexity index is 3970. The van der Waals surface area contributed by atoms with Crippen molar-refractivity contribution in [2.75, 3.05) is 0 Å². The van der Waals surface area contributed by atoms with Crippen LogP contribution in [0.5, 0.6) is 0 Å². The number of furan rings is 3. The lowest BCUT2D eigenvalue weighted by molar-refractivity contribution is 0.667. The van der Waals surface area contributed by atoms with Gasteiger partial charge in [-0.05, 0) is 58.6 Å². The molecule has 11 rings (SSSR count). The van der Waals surface area contributed by atoms with Crippen molar-refractivity contribution in [2.24, 2.45) is 0 Å². The SMILES string of the molecule is [2H]c1c([2H])c([2H])c2c(oc3c(-c4cccc(-c5ccc6oc7c(-c8cccc(-c9c([2H])c([2H])c([2H])c%10c9oc9c([2H])c([2H])c([2H])c([2H])c9%10)c8)ncnc7c6c5)c4)c([2H])c([2H])c([2H])c32)c1[2H]. The smallest absolute Gasteiger partial charge is 0.180 e. The van der Waals surface area contributed by atoms with Crippen LogP contribution in [0.4, 0.5) is 0 Å². The minimum atomic E-state index is -0.511. The van der Waals surface area contributed by atoms with Crippen LogP contribution in [0.1, 0.15) is 19.2 Å². The van der Waals surface area contributed by atoms with Gasteiger partial charge in [-0.3, -0.25) is 0 Å². The number of nitrogens with zero attached hydrogens (tertiary/aromatic N) is 2. The summed E-state index contributed by atoms with van der Waals surface area (Å²) in [5, 5.41) is 0.598. The molecule has 0 radical (unpaired) electrons. The molecule has 0 aliphatic rings. The lowest BCUT2D eigenvalue weighted by Gasteiger charge is -2.07. The van der Waals surface area contributed by atoms with Crippen molar-refractivity contribution in [3.8, 4) is 44.6 Å². The van der Waals surface area contributed by atoms with Crippen LogP contribution in [-0.4, -0.2) is 9.97 Å². The zero-order valence-corrected chi connectivity index (χ0v) is 26.0. The molecule has 0 bridgehead atoms. The van der Waals surface area contributed by atoms with Gasteiger partial charge in [0, 0.05) is 43.6 Å². The number of hydrogen-bond donors (Lipinski definition) is 0. The van der Waals surface area contributed by atoms with Gasteiger partial charge in [-0.2, -0.15) is 0 Å². The van der Waals surface area contributed by atoms with E-state index >= 15 is 0 Å². The molecule has 0 saturated heterocycles. The molecule has 4 aromatic heterocycles. The first-order valence-electron chi connectivity index (χ1n) is 22.8. The van der Waals surface area contributed by atoms with Crippen LogP contribution in [0.15, 0.2) is 171 Å². The molecule has 11 aromatic rings. The van der Waals surface area contributed by atoms with Crippen molar-refractivity contribution in [1.82, 2.24) is 9.97 Å². The van der Waals surface area contributed by atoms with Crippen molar-refractivity contribution >= 4 is 65.9 Å². The summed E-state index contributed by atoms with van der Waals surface area (Å²) < 4.78 is 138. The highest BCUT2D eigenvalue weighted by atomic mass is 16.3. The van der Waals surface area contributed by atoms with E-state index in [0.29, 0.717) is 50.0 Å². The summed E-state index contributed by atoms with van der Waals surface area (Å²) in [5.74, 6) is 0. The second-order valence-corrected chi connectivity index (χ2v) is 11.9. The largest absolute Gasteiger partial charge is 0.455 e. The van der Waals surface area contributed by atoms with E-state index in [1.165, 1.54) is 6.33 Å². The fourth-order valence-corrected chi connectivity index (χ4v) is 6.70. The summed E-state index contributed by atoms with van der Waals surface area (Å²) in [6.07, 6.45) is 1.39. The van der Waals surface area contributed by atoms with E-state index < -0.39 is 66.5 Å². The molecular formula is C46H26N2O3. The molecule has 4 heterocycles. The molecule has 7 aromatic carbocycles. The van der Waals surface area contributed by atoms with Crippen LogP contribution in [0.25, 0.3) is 111 Å². The van der Waals surface area contributed by atoms with Gasteiger partial charge in [0.1, 0.15) is 45.5 Å². The Morgan fingerprint density at radius 2 is 0.961 bits per heavy atom. The van der Waals surface area contributed by atoms with Crippen molar-refractivity contribution in [1.29, 1.82) is 0 Å². The fraction of sp³-hybridized carbons (Fsp3) is 0. The highest BCUT2D eigenvalue weighted by Gasteiger charge is 2.18. The lowest BCUT2D eigenvalue weighted by atomic mass is 9.97. The highest BCUT2D eigenvalue weighted by molar-refractivity contribution is 6.11. The lowest BCUT2D eigenvalue weighted by Crippen LogP contribution is -1.88. The van der Waals surface area contributed by atoms with Gasteiger partial charge in [0.05, 0.1) is 19.2 Å². The van der Waals surface area contributed by atoms with E-state index in [4.69, 9.17) is 32.4 Å². The number of aromatic nitrogens is 2. The number of rotatable bonds is 4. The molecule has 0 fully saturated rings. The van der Waals surface area contributed by atoms with Gasteiger partial charge in [-0.25, -0.2) is 9.97 Å². The second kappa shape index (κ2) is 10.8. The maximum Gasteiger partial charge on any atom is 0.180 e. The van der Waals surface area contributed by atoms with Crippen LogP contribution in [0, 0.1) is 0 Å². The van der Waals surface area contributed by atoms with Gasteiger partial charge < -0.3 is 13.3 Å². The standard InChI is InChI=1S/C46H26N2O3/c1-3-19-39-34(13-1)36-17-7-15-32(44(36)49-39)29-10-5-9-27(23-29)28-21-22-41-38(25-28)43-46(51-41)42(47-26-48-43)31-12-6-11-30(24-31)33-16-8-18-37-35-14-2-4-20-40(35)50-45(33)37/h1-26H/i1D,2D,3D,4D,7D,8D,13D,14D,15D,16D,17D,18D,19D,20D. The van der Waals surface area contributed by atoms with Gasteiger partial charge in [0.2, 0.25) is 0 Å². The molecule has 238 valence electrons. The van der Waals surface area contributed by atoms with Gasteiger partial charge in [0.15, 0.2) is 5.58 Å². The minimum absolute atomic E-state index is 0.00327. The van der Waals surface area contributed by atoms with Crippen molar-refractivity contribution < 1.29 is 32.4 Å². The van der Waals surface area contributed by atoms with Gasteiger partial charge in [-0.1, -0.05) is 115 Å². The summed E-state index contributed by atoms with van der Waals surface area (Å²) in [4.78, 5) is 9.16. The summed E-state index contributed by atoms with van der Waals surface area (Å²) in [7, 11) is 0. The van der Waals surface area contributed by atoms with Crippen LogP contribution in [0.3, 0.4) is 0 Å². The zero-order valence-electron chi connectivity index (χ0n) is 40.0. The van der Waals surface area contributed by atoms with E-state index in [1.54, 1.807) is 48.5 Å². The highest BCUT2D eigenvalue weighted by Crippen LogP contribution is 2.41. The average Bonchev–Trinajstić information content (AvgIpc) is 4.03. The Hall–Kier alpha value is -6.98. The van der Waals surface area contributed by atoms with Crippen molar-refractivity contribution in [2.45, 2.75) is 0 Å². The maximum atomic E-state index is 8.93. The predicted molar refractivity (Wildman–Crippen MR) is 206 cm³/mol. The molecule has 0 saturated carbocycles. The van der Waals surface area contributed by atoms with E-state index in [2.05, 4.69) is 9.97 Å². The third kappa shape index (κ3) is 4.28. The van der Waals surface area contributed by atoms with Crippen molar-refractivity contribution in [3.63, 3.8) is 0 Å². The Kier molecular flexibility index (Phi) is 3.72. The Labute approximate surface area is 310 Å². The fourth-order valence-electron chi connectivity index (χ4n) is 6.70. The van der Waals surface area contributed by atoms with E-state index in [1.807, 2.05) is 18.2 Å². The van der Waals surface area contributed by atoms with Crippen LogP contribution >= 0.6 is 0 Å². The van der Waals surface area contributed by atoms with E-state index in [0.717, 1.165) is 5.56 Å². The normalized spacial score (nSPS) is 15.8. The molecule has 5 heteroatoms. The summed E-state index contributed by atoms with van der Waals surface area (Å²) >= 11 is 0. The number of hydrogen-bond acceptors (Lipinski definition) is 5. The summed E-state index contributed by atoms with van der Waals surface area (Å²) in [6, 6.07) is 13.5. The first-order chi connectivity index (χ1) is 31.1. The molecule has 51 heavy (non-hydrogen) atoms. The zero-order chi connectivity index (χ0) is 45.7. The topological polar surface area (TPSA) is 65.2 Å². The van der Waals surface area contributed by atoms with Crippen LogP contribution in [-0.2, 0) is 0 Å². The molecule has 0 spiro atoms. The molecule has 0 atom stereocenters. The number of fused-ring (bicyclic) bond motifs is 9. The average molecular weight is 669 g/mol. The monoisotopic (exact) mass is 668 g/mol. The first-order valence-corrected chi connectivity index (χ1v) is 15.8. The predicted octanol–water partition coefficient (Wildman–Crippen LogP) is 12.8. The van der Waals surface area contributed by atoms with Crippen LogP contribution in [0.2, 0.25) is 0 Å². The quantitative estimate of drug-likeness (QED) is 0.187. The summed E-state index contributed by atoms with van der Waals surface area (Å²) in [5.41, 5.74) is 4.44. The molecule has 0 unspecified atom stereocenters. The third-order valence-corrected chi connectivity index (χ3v) is 9.03. The van der Waals surface area contributed by atoms with Gasteiger partial charge in [0.25, 0.3) is 0 Å². The Balaban J connectivity index is 1.04. The Morgan fingerprint density at radius 3 is 1.65 bits per heavy atom. The van der Waals surface area contributed by atoms with Crippen LogP contribution < -0.4 is 0 Å². The second-order valence-electron chi connectivity index (χ2n) is 11.9. The van der Waals surface area contributed by atoms with Crippen molar-refractivity contribution in [3.05, 3.63) is 158 Å². The maximum absolute atomic E-state index is 8.93. The number of benzene rings is 7. The molecular weight excluding hydrogens is 629 g/mol. The Morgan fingerprint density at radius 1 is 0.412 bits per heavy atom. The molecule has 0 amide bonds. The number of para-hydroxylation sites is 4. The molecule has 0 N–H and O–H groups in total. The van der Waals surface area contributed by atoms with E-state index in [-0.39, 0.29) is 73.1 Å². The first kappa shape index (κ1) is 17.6. The summed E-state index contributed by atoms with van der Waals surface area (Å²) in [6.45, 7) is 0. The van der Waals surface area contributed by atoms with Gasteiger partial charge in [-0.15, -0.1) is 0 Å². The molecule has 5 nitrogen and oxygen atoms in total. The van der Waals surface area contributed by atoms with E-state index in [9.17, 15) is 0 Å². The molecule has 0 aliphatic heterocycles. The van der Waals surface area contributed by atoms with Gasteiger partial charge >= 0.3 is 0 Å².